The summed E-state index contributed by atoms with van der Waals surface area (Å²) in [6, 6.07) is 1.45. The first-order chi connectivity index (χ1) is 9.22. The first-order valence-corrected chi connectivity index (χ1v) is 7.01. The average Bonchev–Trinajstić information content (AvgIpc) is 2.60. The van der Waals surface area contributed by atoms with Crippen LogP contribution in [0.3, 0.4) is 0 Å². The van der Waals surface area contributed by atoms with E-state index < -0.39 is 30.1 Å². The molecule has 1 saturated carbocycles. The Hall–Kier alpha value is -1.25. The van der Waals surface area contributed by atoms with Crippen molar-refractivity contribution >= 4 is 5.91 Å². The second kappa shape index (κ2) is 6.47. The molecular weight excluding hydrogens is 269 g/mol. The molecule has 0 heterocycles. The van der Waals surface area contributed by atoms with Crippen molar-refractivity contribution in [1.82, 2.24) is 4.90 Å². The molecule has 0 atom stereocenters. The van der Waals surface area contributed by atoms with E-state index >= 15 is 0 Å². The highest BCUT2D eigenvalue weighted by atomic mass is 19.4. The summed E-state index contributed by atoms with van der Waals surface area (Å²) in [5.74, 6) is -0.658. The fourth-order valence-corrected chi connectivity index (χ4v) is 2.66. The number of hydrogen-bond donors (Lipinski definition) is 0. The molecule has 0 radical (unpaired) electrons. The predicted molar refractivity (Wildman–Crippen MR) is 68.7 cm³/mol. The van der Waals surface area contributed by atoms with Crippen LogP contribution in [0, 0.1) is 16.7 Å². The second-order valence-electron chi connectivity index (χ2n) is 5.75. The van der Waals surface area contributed by atoms with E-state index in [4.69, 9.17) is 0 Å². The predicted octanol–water partition coefficient (Wildman–Crippen LogP) is 3.65. The zero-order valence-electron chi connectivity index (χ0n) is 12.0. The molecule has 20 heavy (non-hydrogen) atoms. The number of nitriles is 1. The summed E-state index contributed by atoms with van der Waals surface area (Å²) < 4.78 is 37.9. The minimum Gasteiger partial charge on any atom is -0.330 e. The van der Waals surface area contributed by atoms with Crippen LogP contribution in [0.15, 0.2) is 0 Å². The molecule has 1 amide bonds. The van der Waals surface area contributed by atoms with Gasteiger partial charge in [0.2, 0.25) is 5.91 Å². The molecule has 0 aromatic rings. The number of alkyl halides is 3. The van der Waals surface area contributed by atoms with Crippen molar-refractivity contribution < 1.29 is 18.0 Å². The van der Waals surface area contributed by atoms with Gasteiger partial charge in [-0.25, -0.2) is 0 Å². The molecule has 1 rings (SSSR count). The lowest BCUT2D eigenvalue weighted by Crippen LogP contribution is -2.50. The van der Waals surface area contributed by atoms with Gasteiger partial charge in [0.15, 0.2) is 0 Å². The zero-order chi connectivity index (χ0) is 15.4. The van der Waals surface area contributed by atoms with Crippen molar-refractivity contribution in [2.75, 3.05) is 6.54 Å². The third-order valence-corrected chi connectivity index (χ3v) is 3.81. The van der Waals surface area contributed by atoms with Crippen molar-refractivity contribution in [1.29, 1.82) is 5.26 Å². The molecule has 0 aromatic carbocycles. The van der Waals surface area contributed by atoms with E-state index in [1.165, 1.54) is 0 Å². The van der Waals surface area contributed by atoms with Gasteiger partial charge in [0, 0.05) is 6.04 Å². The molecule has 0 N–H and O–H groups in total. The molecule has 1 fully saturated rings. The maximum Gasteiger partial charge on any atom is 0.406 e. The van der Waals surface area contributed by atoms with E-state index in [0.717, 1.165) is 30.6 Å². The van der Waals surface area contributed by atoms with Crippen molar-refractivity contribution in [2.45, 2.75) is 64.6 Å². The molecule has 0 aliphatic heterocycles. The van der Waals surface area contributed by atoms with Crippen LogP contribution in [0.25, 0.3) is 0 Å². The Morgan fingerprint density at radius 1 is 1.25 bits per heavy atom. The fourth-order valence-electron chi connectivity index (χ4n) is 2.66. The molecule has 0 unspecified atom stereocenters. The van der Waals surface area contributed by atoms with E-state index in [9.17, 15) is 23.2 Å². The largest absolute Gasteiger partial charge is 0.406 e. The van der Waals surface area contributed by atoms with Gasteiger partial charge in [0.25, 0.3) is 0 Å². The molecule has 114 valence electrons. The summed E-state index contributed by atoms with van der Waals surface area (Å²) in [6.07, 6.45) is -0.419. The maximum atomic E-state index is 12.6. The average molecular weight is 290 g/mol. The Morgan fingerprint density at radius 3 is 2.10 bits per heavy atom. The van der Waals surface area contributed by atoms with Gasteiger partial charge in [0.05, 0.1) is 6.07 Å². The Balaban J connectivity index is 2.99. The lowest BCUT2D eigenvalue weighted by atomic mass is 9.80. The highest BCUT2D eigenvalue weighted by molar-refractivity contribution is 5.85. The van der Waals surface area contributed by atoms with Gasteiger partial charge in [-0.3, -0.25) is 4.79 Å². The number of halogens is 3. The fraction of sp³-hybridized carbons (Fsp3) is 0.857. The molecule has 0 bridgehead atoms. The topological polar surface area (TPSA) is 44.1 Å². The molecule has 1 aliphatic rings. The highest BCUT2D eigenvalue weighted by Gasteiger charge is 2.45. The van der Waals surface area contributed by atoms with Crippen LogP contribution in [-0.4, -0.2) is 29.6 Å². The number of carbonyl (C=O) groups is 1. The number of rotatable bonds is 3. The van der Waals surface area contributed by atoms with Gasteiger partial charge in [0.1, 0.15) is 12.0 Å². The van der Waals surface area contributed by atoms with E-state index in [1.807, 2.05) is 6.07 Å². The number of nitrogens with zero attached hydrogens (tertiary/aromatic N) is 2. The third kappa shape index (κ3) is 4.12. The molecule has 0 saturated heterocycles. The minimum absolute atomic E-state index is 0.364. The first kappa shape index (κ1) is 16.8. The minimum atomic E-state index is -4.44. The first-order valence-electron chi connectivity index (χ1n) is 7.01. The van der Waals surface area contributed by atoms with Gasteiger partial charge in [-0.1, -0.05) is 25.7 Å². The van der Waals surface area contributed by atoms with Crippen LogP contribution in [-0.2, 0) is 4.79 Å². The Morgan fingerprint density at radius 2 is 1.75 bits per heavy atom. The molecular formula is C14H21F3N2O. The van der Waals surface area contributed by atoms with E-state index in [0.29, 0.717) is 12.8 Å². The van der Waals surface area contributed by atoms with Crippen LogP contribution in [0.4, 0.5) is 13.2 Å². The van der Waals surface area contributed by atoms with Crippen molar-refractivity contribution in [3.8, 4) is 6.07 Å². The summed E-state index contributed by atoms with van der Waals surface area (Å²) in [7, 11) is 0. The van der Waals surface area contributed by atoms with E-state index in [-0.39, 0.29) is 0 Å². The smallest absolute Gasteiger partial charge is 0.330 e. The highest BCUT2D eigenvalue weighted by Crippen LogP contribution is 2.37. The number of carbonyl (C=O) groups excluding carboxylic acids is 1. The lowest BCUT2D eigenvalue weighted by Gasteiger charge is -2.35. The van der Waals surface area contributed by atoms with Crippen LogP contribution >= 0.6 is 0 Å². The molecule has 6 heteroatoms. The third-order valence-electron chi connectivity index (χ3n) is 3.81. The van der Waals surface area contributed by atoms with Gasteiger partial charge >= 0.3 is 6.18 Å². The normalized spacial score (nSPS) is 19.2. The summed E-state index contributed by atoms with van der Waals surface area (Å²) in [4.78, 5) is 13.3. The second-order valence-corrected chi connectivity index (χ2v) is 5.75. The lowest BCUT2D eigenvalue weighted by molar-refractivity contribution is -0.169. The monoisotopic (exact) mass is 290 g/mol. The van der Waals surface area contributed by atoms with E-state index in [1.54, 1.807) is 13.8 Å². The molecule has 0 spiro atoms. The van der Waals surface area contributed by atoms with Crippen molar-refractivity contribution in [3.63, 3.8) is 0 Å². The number of amides is 1. The van der Waals surface area contributed by atoms with Crippen molar-refractivity contribution in [2.24, 2.45) is 5.41 Å². The zero-order valence-corrected chi connectivity index (χ0v) is 12.0. The number of hydrogen-bond acceptors (Lipinski definition) is 2. The molecule has 1 aliphatic carbocycles. The summed E-state index contributed by atoms with van der Waals surface area (Å²) in [6.45, 7) is 1.81. The van der Waals surface area contributed by atoms with Crippen LogP contribution in [0.5, 0.6) is 0 Å². The maximum absolute atomic E-state index is 12.6. The van der Waals surface area contributed by atoms with Gasteiger partial charge in [-0.15, -0.1) is 0 Å². The summed E-state index contributed by atoms with van der Waals surface area (Å²) in [5.41, 5.74) is -1.27. The van der Waals surface area contributed by atoms with Gasteiger partial charge in [-0.05, 0) is 26.7 Å². The van der Waals surface area contributed by atoms with Gasteiger partial charge in [-0.2, -0.15) is 18.4 Å². The Kier molecular flexibility index (Phi) is 5.43. The van der Waals surface area contributed by atoms with Crippen LogP contribution in [0.2, 0.25) is 0 Å². The molecule has 0 aromatic heterocycles. The quantitative estimate of drug-likeness (QED) is 0.745. The summed E-state index contributed by atoms with van der Waals surface area (Å²) >= 11 is 0. The summed E-state index contributed by atoms with van der Waals surface area (Å²) in [5, 5.41) is 9.39. The SMILES string of the molecule is CC(C)N(CC(F)(F)F)C(=O)C1(C#N)CCCCCC1. The standard InChI is InChI=1S/C14H21F3N2O/c1-11(2)19(10-14(15,16)17)12(20)13(9-18)7-5-3-4-6-8-13/h11H,3-8,10H2,1-2H3. The van der Waals surface area contributed by atoms with Crippen molar-refractivity contribution in [3.05, 3.63) is 0 Å². The van der Waals surface area contributed by atoms with Crippen LogP contribution < -0.4 is 0 Å². The van der Waals surface area contributed by atoms with Crippen LogP contribution in [0.1, 0.15) is 52.4 Å². The Bertz CT molecular complexity index is 377. The molecule has 3 nitrogen and oxygen atoms in total. The van der Waals surface area contributed by atoms with Gasteiger partial charge < -0.3 is 4.90 Å². The Labute approximate surface area is 117 Å². The van der Waals surface area contributed by atoms with E-state index in [2.05, 4.69) is 0 Å².